The Hall–Kier alpha value is -3.03. The number of halogens is 1. The standard InChI is InChI=1S/C26H24BrN5S/c1-16-7-12-23(29-15-16)31-17(2)14-21(18(31)3)25-24(22-6-4-5-13-28-22)30-26(33)32(25)20-10-8-19(27)9-11-20/h4-15,24-25H,1-3H3,(H,30,33). The predicted octanol–water partition coefficient (Wildman–Crippen LogP) is 6.13. The molecule has 0 aliphatic carbocycles. The van der Waals surface area contributed by atoms with Crippen molar-refractivity contribution in [3.05, 3.63) is 106 Å². The highest BCUT2D eigenvalue weighted by molar-refractivity contribution is 9.10. The van der Waals surface area contributed by atoms with Gasteiger partial charge in [-0.15, -0.1) is 0 Å². The van der Waals surface area contributed by atoms with Crippen molar-refractivity contribution >= 4 is 38.9 Å². The van der Waals surface area contributed by atoms with E-state index in [4.69, 9.17) is 12.2 Å². The summed E-state index contributed by atoms with van der Waals surface area (Å²) in [5.74, 6) is 0.917. The molecule has 166 valence electrons. The Morgan fingerprint density at radius 1 is 0.970 bits per heavy atom. The van der Waals surface area contributed by atoms with Crippen molar-refractivity contribution in [2.24, 2.45) is 0 Å². The van der Waals surface area contributed by atoms with Crippen LogP contribution in [-0.4, -0.2) is 19.6 Å². The van der Waals surface area contributed by atoms with Gasteiger partial charge in [0.1, 0.15) is 5.82 Å². The lowest BCUT2D eigenvalue weighted by Crippen LogP contribution is -2.29. The minimum absolute atomic E-state index is 0.0565. The third-order valence-corrected chi connectivity index (χ3v) is 6.96. The maximum absolute atomic E-state index is 5.86. The molecule has 0 amide bonds. The van der Waals surface area contributed by atoms with E-state index < -0.39 is 0 Å². The van der Waals surface area contributed by atoms with Crippen LogP contribution in [0.5, 0.6) is 0 Å². The quantitative estimate of drug-likeness (QED) is 0.329. The summed E-state index contributed by atoms with van der Waals surface area (Å²) in [6, 6.07) is 20.6. The van der Waals surface area contributed by atoms with Gasteiger partial charge in [-0.2, -0.15) is 0 Å². The fraction of sp³-hybridized carbons (Fsp3) is 0.192. The Morgan fingerprint density at radius 2 is 1.76 bits per heavy atom. The van der Waals surface area contributed by atoms with Crippen LogP contribution in [0.3, 0.4) is 0 Å². The summed E-state index contributed by atoms with van der Waals surface area (Å²) in [4.78, 5) is 11.5. The van der Waals surface area contributed by atoms with Gasteiger partial charge in [-0.3, -0.25) is 4.98 Å². The molecule has 1 aliphatic heterocycles. The lowest BCUT2D eigenvalue weighted by Gasteiger charge is -2.28. The van der Waals surface area contributed by atoms with E-state index in [1.807, 2.05) is 36.7 Å². The highest BCUT2D eigenvalue weighted by atomic mass is 79.9. The number of hydrogen-bond donors (Lipinski definition) is 1. The smallest absolute Gasteiger partial charge is 0.174 e. The van der Waals surface area contributed by atoms with Crippen LogP contribution in [-0.2, 0) is 0 Å². The van der Waals surface area contributed by atoms with E-state index >= 15 is 0 Å². The normalized spacial score (nSPS) is 17.9. The summed E-state index contributed by atoms with van der Waals surface area (Å²) >= 11 is 9.40. The van der Waals surface area contributed by atoms with Crippen molar-refractivity contribution in [2.75, 3.05) is 4.90 Å². The number of anilines is 1. The summed E-state index contributed by atoms with van der Waals surface area (Å²) in [6.45, 7) is 6.33. The molecule has 0 spiro atoms. The summed E-state index contributed by atoms with van der Waals surface area (Å²) in [5, 5.41) is 4.23. The molecule has 7 heteroatoms. The molecule has 33 heavy (non-hydrogen) atoms. The highest BCUT2D eigenvalue weighted by Crippen LogP contribution is 2.43. The summed E-state index contributed by atoms with van der Waals surface area (Å²) in [7, 11) is 0. The van der Waals surface area contributed by atoms with Crippen LogP contribution >= 0.6 is 28.1 Å². The highest BCUT2D eigenvalue weighted by Gasteiger charge is 2.42. The molecule has 0 bridgehead atoms. The second-order valence-electron chi connectivity index (χ2n) is 8.33. The van der Waals surface area contributed by atoms with E-state index in [2.05, 4.69) is 97.9 Å². The monoisotopic (exact) mass is 517 g/mol. The molecule has 1 fully saturated rings. The zero-order valence-corrected chi connectivity index (χ0v) is 21.1. The average Bonchev–Trinajstić information content (AvgIpc) is 3.31. The lowest BCUT2D eigenvalue weighted by atomic mass is 9.96. The minimum Gasteiger partial charge on any atom is -0.351 e. The molecule has 1 saturated heterocycles. The van der Waals surface area contributed by atoms with Gasteiger partial charge in [0.2, 0.25) is 0 Å². The number of thiocarbonyl (C=S) groups is 1. The predicted molar refractivity (Wildman–Crippen MR) is 140 cm³/mol. The fourth-order valence-electron chi connectivity index (χ4n) is 4.58. The van der Waals surface area contributed by atoms with Gasteiger partial charge in [-0.05, 0) is 92.6 Å². The van der Waals surface area contributed by atoms with Crippen LogP contribution in [0.4, 0.5) is 5.69 Å². The third-order valence-electron chi connectivity index (χ3n) is 6.12. The van der Waals surface area contributed by atoms with Gasteiger partial charge in [0, 0.05) is 33.9 Å². The first-order chi connectivity index (χ1) is 15.9. The van der Waals surface area contributed by atoms with Gasteiger partial charge in [-0.25, -0.2) is 4.98 Å². The molecule has 0 saturated carbocycles. The Morgan fingerprint density at radius 3 is 2.42 bits per heavy atom. The Labute approximate surface area is 207 Å². The number of nitrogens with zero attached hydrogens (tertiary/aromatic N) is 4. The van der Waals surface area contributed by atoms with Gasteiger partial charge < -0.3 is 14.8 Å². The lowest BCUT2D eigenvalue weighted by molar-refractivity contribution is 0.565. The molecule has 2 unspecified atom stereocenters. The van der Waals surface area contributed by atoms with E-state index in [9.17, 15) is 0 Å². The zero-order chi connectivity index (χ0) is 23.1. The molecule has 0 radical (unpaired) electrons. The van der Waals surface area contributed by atoms with Crippen molar-refractivity contribution < 1.29 is 0 Å². The van der Waals surface area contributed by atoms with Crippen molar-refractivity contribution in [1.82, 2.24) is 19.9 Å². The van der Waals surface area contributed by atoms with Crippen LogP contribution in [0.2, 0.25) is 0 Å². The molecule has 5 rings (SSSR count). The Bertz CT molecular complexity index is 1300. The Kier molecular flexibility index (Phi) is 5.76. The number of hydrogen-bond acceptors (Lipinski definition) is 3. The first-order valence-electron chi connectivity index (χ1n) is 10.8. The SMILES string of the molecule is Cc1ccc(-n2c(C)cc(C3C(c4ccccn4)NC(=S)N3c3ccc(Br)cc3)c2C)nc1. The van der Waals surface area contributed by atoms with Crippen LogP contribution in [0.15, 0.2) is 77.5 Å². The second-order valence-corrected chi connectivity index (χ2v) is 9.63. The van der Waals surface area contributed by atoms with Gasteiger partial charge in [0.05, 0.1) is 17.8 Å². The van der Waals surface area contributed by atoms with Crippen molar-refractivity contribution in [3.8, 4) is 5.82 Å². The van der Waals surface area contributed by atoms with E-state index in [0.717, 1.165) is 38.6 Å². The van der Waals surface area contributed by atoms with E-state index in [-0.39, 0.29) is 12.1 Å². The average molecular weight is 518 g/mol. The van der Waals surface area contributed by atoms with Crippen molar-refractivity contribution in [3.63, 3.8) is 0 Å². The summed E-state index contributed by atoms with van der Waals surface area (Å²) < 4.78 is 3.25. The molecule has 2 atom stereocenters. The molecule has 4 aromatic rings. The second kappa shape index (κ2) is 8.72. The number of aryl methyl sites for hydroxylation is 2. The maximum atomic E-state index is 5.86. The Balaban J connectivity index is 1.67. The van der Waals surface area contributed by atoms with Crippen molar-refractivity contribution in [2.45, 2.75) is 32.9 Å². The van der Waals surface area contributed by atoms with Crippen LogP contribution < -0.4 is 10.2 Å². The van der Waals surface area contributed by atoms with E-state index in [1.165, 1.54) is 5.56 Å². The van der Waals surface area contributed by atoms with Crippen LogP contribution in [0.25, 0.3) is 5.82 Å². The largest absolute Gasteiger partial charge is 0.351 e. The first-order valence-corrected chi connectivity index (χ1v) is 12.0. The zero-order valence-electron chi connectivity index (χ0n) is 18.7. The number of aromatic nitrogens is 3. The summed E-state index contributed by atoms with van der Waals surface area (Å²) in [5.41, 5.74) is 6.61. The van der Waals surface area contributed by atoms with Crippen molar-refractivity contribution in [1.29, 1.82) is 0 Å². The fourth-order valence-corrected chi connectivity index (χ4v) is 5.19. The van der Waals surface area contributed by atoms with Gasteiger partial charge in [-0.1, -0.05) is 28.1 Å². The number of benzene rings is 1. The number of pyridine rings is 2. The molecule has 1 aromatic carbocycles. The molecule has 5 nitrogen and oxygen atoms in total. The molecule has 4 heterocycles. The first kappa shape index (κ1) is 21.8. The topological polar surface area (TPSA) is 46.0 Å². The van der Waals surface area contributed by atoms with Gasteiger partial charge >= 0.3 is 0 Å². The van der Waals surface area contributed by atoms with E-state index in [1.54, 1.807) is 0 Å². The molecular formula is C26H24BrN5S. The van der Waals surface area contributed by atoms with Crippen LogP contribution in [0.1, 0.15) is 40.3 Å². The molecular weight excluding hydrogens is 494 g/mol. The number of rotatable bonds is 4. The van der Waals surface area contributed by atoms with E-state index in [0.29, 0.717) is 5.11 Å². The van der Waals surface area contributed by atoms with Crippen LogP contribution in [0, 0.1) is 20.8 Å². The molecule has 1 aliphatic rings. The maximum Gasteiger partial charge on any atom is 0.174 e. The van der Waals surface area contributed by atoms with Gasteiger partial charge in [0.25, 0.3) is 0 Å². The molecule has 3 aromatic heterocycles. The molecule has 1 N–H and O–H groups in total. The third kappa shape index (κ3) is 3.96. The van der Waals surface area contributed by atoms with Gasteiger partial charge in [0.15, 0.2) is 5.11 Å². The minimum atomic E-state index is -0.0812. The number of nitrogens with one attached hydrogen (secondary N) is 1. The summed E-state index contributed by atoms with van der Waals surface area (Å²) in [6.07, 6.45) is 3.74.